The molecule has 5 rings (SSSR count). The van der Waals surface area contributed by atoms with Crippen molar-refractivity contribution in [3.63, 3.8) is 0 Å². The van der Waals surface area contributed by atoms with Gasteiger partial charge in [-0.3, -0.25) is 14.6 Å². The van der Waals surface area contributed by atoms with Crippen molar-refractivity contribution in [1.82, 2.24) is 14.8 Å². The normalized spacial score (nSPS) is 21.0. The third kappa shape index (κ3) is 4.14. The van der Waals surface area contributed by atoms with Crippen LogP contribution in [0.5, 0.6) is 0 Å². The SMILES string of the molecule is CCN1CC2(CCN(Cc3c(F)cc(-c4ccc5cccnc5c4)cc3F)C(=O)C2)OCC1=O. The molecule has 0 saturated carbocycles. The van der Waals surface area contributed by atoms with E-state index >= 15 is 8.78 Å². The number of fused-ring (bicyclic) bond motifs is 1. The maximum Gasteiger partial charge on any atom is 0.248 e. The molecule has 1 spiro atoms. The molecule has 1 aromatic heterocycles. The maximum atomic E-state index is 15.0. The molecule has 2 aliphatic rings. The monoisotopic (exact) mass is 465 g/mol. The summed E-state index contributed by atoms with van der Waals surface area (Å²) in [5.74, 6) is -1.71. The van der Waals surface area contributed by atoms with Gasteiger partial charge in [-0.15, -0.1) is 0 Å². The van der Waals surface area contributed by atoms with Crippen molar-refractivity contribution < 1.29 is 23.1 Å². The van der Waals surface area contributed by atoms with E-state index in [0.29, 0.717) is 37.2 Å². The number of carbonyl (C=O) groups is 2. The number of benzene rings is 2. The van der Waals surface area contributed by atoms with Crippen LogP contribution in [-0.2, 0) is 20.9 Å². The number of pyridine rings is 1. The number of likely N-dealkylation sites (tertiary alicyclic amines) is 1. The number of morpholine rings is 1. The zero-order valence-corrected chi connectivity index (χ0v) is 18.9. The van der Waals surface area contributed by atoms with Crippen molar-refractivity contribution in [1.29, 1.82) is 0 Å². The predicted molar refractivity (Wildman–Crippen MR) is 123 cm³/mol. The topological polar surface area (TPSA) is 62.7 Å². The summed E-state index contributed by atoms with van der Waals surface area (Å²) >= 11 is 0. The molecule has 34 heavy (non-hydrogen) atoms. The molecule has 2 amide bonds. The number of amides is 2. The number of likely N-dealkylation sites (N-methyl/N-ethyl adjacent to an activating group) is 1. The lowest BCUT2D eigenvalue weighted by Gasteiger charge is -2.46. The van der Waals surface area contributed by atoms with Gasteiger partial charge in [0, 0.05) is 30.2 Å². The number of halogens is 2. The van der Waals surface area contributed by atoms with Crippen LogP contribution in [0.2, 0.25) is 0 Å². The van der Waals surface area contributed by atoms with E-state index in [9.17, 15) is 9.59 Å². The smallest absolute Gasteiger partial charge is 0.248 e. The van der Waals surface area contributed by atoms with E-state index in [1.54, 1.807) is 23.2 Å². The summed E-state index contributed by atoms with van der Waals surface area (Å²) in [7, 11) is 0. The van der Waals surface area contributed by atoms with Crippen molar-refractivity contribution in [2.45, 2.75) is 31.9 Å². The Morgan fingerprint density at radius 3 is 2.56 bits per heavy atom. The molecular formula is C26H25F2N3O3. The molecule has 0 aliphatic carbocycles. The van der Waals surface area contributed by atoms with Gasteiger partial charge in [0.25, 0.3) is 0 Å². The van der Waals surface area contributed by atoms with Gasteiger partial charge < -0.3 is 14.5 Å². The van der Waals surface area contributed by atoms with Gasteiger partial charge in [0.15, 0.2) is 0 Å². The van der Waals surface area contributed by atoms with Gasteiger partial charge in [0.05, 0.1) is 30.6 Å². The molecule has 0 radical (unpaired) electrons. The van der Waals surface area contributed by atoms with Crippen LogP contribution < -0.4 is 0 Å². The Hall–Kier alpha value is -3.39. The fourth-order valence-corrected chi connectivity index (χ4v) is 4.80. The Bertz CT molecular complexity index is 1260. The molecule has 6 nitrogen and oxygen atoms in total. The average molecular weight is 466 g/mol. The van der Waals surface area contributed by atoms with Crippen LogP contribution in [0.4, 0.5) is 8.78 Å². The highest BCUT2D eigenvalue weighted by molar-refractivity contribution is 5.84. The highest BCUT2D eigenvalue weighted by Crippen LogP contribution is 2.33. The molecule has 2 saturated heterocycles. The Morgan fingerprint density at radius 2 is 1.82 bits per heavy atom. The van der Waals surface area contributed by atoms with Crippen molar-refractivity contribution in [3.05, 3.63) is 65.9 Å². The second-order valence-electron chi connectivity index (χ2n) is 8.95. The molecule has 1 atom stereocenters. The largest absolute Gasteiger partial charge is 0.363 e. The van der Waals surface area contributed by atoms with Crippen LogP contribution in [0.25, 0.3) is 22.0 Å². The first-order valence-corrected chi connectivity index (χ1v) is 11.4. The van der Waals surface area contributed by atoms with Crippen molar-refractivity contribution in [3.8, 4) is 11.1 Å². The highest BCUT2D eigenvalue weighted by atomic mass is 19.1. The summed E-state index contributed by atoms with van der Waals surface area (Å²) in [6, 6.07) is 11.8. The van der Waals surface area contributed by atoms with E-state index in [-0.39, 0.29) is 37.0 Å². The lowest BCUT2D eigenvalue weighted by atomic mass is 9.88. The van der Waals surface area contributed by atoms with E-state index in [0.717, 1.165) is 10.9 Å². The Kier molecular flexibility index (Phi) is 5.77. The summed E-state index contributed by atoms with van der Waals surface area (Å²) in [5.41, 5.74) is 0.960. The number of piperidine rings is 1. The summed E-state index contributed by atoms with van der Waals surface area (Å²) in [4.78, 5) is 32.3. The van der Waals surface area contributed by atoms with E-state index in [2.05, 4.69) is 4.98 Å². The zero-order chi connectivity index (χ0) is 23.9. The molecule has 2 aliphatic heterocycles. The first kappa shape index (κ1) is 22.4. The number of hydrogen-bond acceptors (Lipinski definition) is 4. The molecule has 176 valence electrons. The summed E-state index contributed by atoms with van der Waals surface area (Å²) in [6.07, 6.45) is 2.27. The fourth-order valence-electron chi connectivity index (χ4n) is 4.80. The van der Waals surface area contributed by atoms with Gasteiger partial charge in [-0.25, -0.2) is 8.78 Å². The predicted octanol–water partition coefficient (Wildman–Crippen LogP) is 3.92. The van der Waals surface area contributed by atoms with Crippen LogP contribution in [0.1, 0.15) is 25.3 Å². The first-order chi connectivity index (χ1) is 16.4. The van der Waals surface area contributed by atoms with Crippen LogP contribution in [0.15, 0.2) is 48.7 Å². The van der Waals surface area contributed by atoms with Gasteiger partial charge in [-0.2, -0.15) is 0 Å². The minimum Gasteiger partial charge on any atom is -0.363 e. The van der Waals surface area contributed by atoms with Gasteiger partial charge in [0.1, 0.15) is 18.2 Å². The van der Waals surface area contributed by atoms with Crippen molar-refractivity contribution in [2.24, 2.45) is 0 Å². The van der Waals surface area contributed by atoms with Crippen molar-refractivity contribution >= 4 is 22.7 Å². The third-order valence-corrected chi connectivity index (χ3v) is 6.81. The number of hydrogen-bond donors (Lipinski definition) is 0. The van der Waals surface area contributed by atoms with E-state index in [1.807, 2.05) is 25.1 Å². The quantitative estimate of drug-likeness (QED) is 0.586. The molecule has 0 bridgehead atoms. The summed E-state index contributed by atoms with van der Waals surface area (Å²) in [5, 5.41) is 0.943. The molecule has 8 heteroatoms. The second kappa shape index (κ2) is 8.76. The second-order valence-corrected chi connectivity index (χ2v) is 8.95. The molecule has 2 fully saturated rings. The van der Waals surface area contributed by atoms with Gasteiger partial charge in [0.2, 0.25) is 11.8 Å². The van der Waals surface area contributed by atoms with E-state index < -0.39 is 17.2 Å². The highest BCUT2D eigenvalue weighted by Gasteiger charge is 2.45. The van der Waals surface area contributed by atoms with Gasteiger partial charge in [-0.1, -0.05) is 18.2 Å². The number of ether oxygens (including phenoxy) is 1. The fraction of sp³-hybridized carbons (Fsp3) is 0.346. The van der Waals surface area contributed by atoms with E-state index in [4.69, 9.17) is 4.74 Å². The Labute approximate surface area is 196 Å². The Balaban J connectivity index is 1.33. The first-order valence-electron chi connectivity index (χ1n) is 11.4. The number of rotatable bonds is 4. The molecule has 1 unspecified atom stereocenters. The van der Waals surface area contributed by atoms with Gasteiger partial charge >= 0.3 is 0 Å². The number of nitrogens with zero attached hydrogens (tertiary/aromatic N) is 3. The van der Waals surface area contributed by atoms with Crippen molar-refractivity contribution in [2.75, 3.05) is 26.2 Å². The average Bonchev–Trinajstić information content (AvgIpc) is 2.84. The summed E-state index contributed by atoms with van der Waals surface area (Å²) < 4.78 is 35.8. The maximum absolute atomic E-state index is 15.0. The minimum absolute atomic E-state index is 0.0455. The van der Waals surface area contributed by atoms with Crippen LogP contribution in [0.3, 0.4) is 0 Å². The number of aromatic nitrogens is 1. The molecule has 3 aromatic rings. The zero-order valence-electron chi connectivity index (χ0n) is 18.9. The lowest BCUT2D eigenvalue weighted by Crippen LogP contribution is -2.59. The molecule has 3 heterocycles. The summed E-state index contributed by atoms with van der Waals surface area (Å²) in [6.45, 7) is 2.91. The van der Waals surface area contributed by atoms with Crippen LogP contribution in [0, 0.1) is 11.6 Å². The standard InChI is InChI=1S/C26H25F2N3O3/c1-2-30-16-26(34-15-25(30)33)7-9-31(24(32)13-26)14-20-21(27)10-19(11-22(20)28)18-6-5-17-4-3-8-29-23(17)12-18/h3-6,8,10-12H,2,7,9,13-16H2,1H3. The Morgan fingerprint density at radius 1 is 1.03 bits per heavy atom. The third-order valence-electron chi connectivity index (χ3n) is 6.81. The van der Waals surface area contributed by atoms with E-state index in [1.165, 1.54) is 17.0 Å². The van der Waals surface area contributed by atoms with Gasteiger partial charge in [-0.05, 0) is 48.7 Å². The van der Waals surface area contributed by atoms with Crippen LogP contribution >= 0.6 is 0 Å². The van der Waals surface area contributed by atoms with Crippen LogP contribution in [-0.4, -0.2) is 58.4 Å². The molecule has 2 aromatic carbocycles. The molecular weight excluding hydrogens is 440 g/mol. The number of carbonyl (C=O) groups excluding carboxylic acids is 2. The lowest BCUT2D eigenvalue weighted by molar-refractivity contribution is -0.177. The molecule has 0 N–H and O–H groups in total. The minimum atomic E-state index is -0.720.